The Morgan fingerprint density at radius 2 is 2.14 bits per heavy atom. The maximum atomic E-state index is 11.5. The van der Waals surface area contributed by atoms with Crippen molar-refractivity contribution in [2.45, 2.75) is 13.0 Å². The van der Waals surface area contributed by atoms with Crippen LogP contribution in [0.4, 0.5) is 11.5 Å². The van der Waals surface area contributed by atoms with E-state index in [0.717, 1.165) is 5.56 Å². The molecule has 0 radical (unpaired) electrons. The van der Waals surface area contributed by atoms with Crippen LogP contribution in [0.5, 0.6) is 0 Å². The van der Waals surface area contributed by atoms with Gasteiger partial charge in [0.1, 0.15) is 0 Å². The predicted octanol–water partition coefficient (Wildman–Crippen LogP) is 3.28. The zero-order valence-electron chi connectivity index (χ0n) is 11.8. The minimum absolute atomic E-state index is 0.0635. The SMILES string of the molecule is COC(=O)c1ccc(N)c(NC(C)c2cccc(Cl)c2)n1. The highest BCUT2D eigenvalue weighted by atomic mass is 35.5. The number of nitrogens with one attached hydrogen (secondary N) is 1. The van der Waals surface area contributed by atoms with E-state index in [1.165, 1.54) is 13.2 Å². The smallest absolute Gasteiger partial charge is 0.356 e. The first-order valence-electron chi connectivity index (χ1n) is 6.38. The van der Waals surface area contributed by atoms with E-state index < -0.39 is 5.97 Å². The summed E-state index contributed by atoms with van der Waals surface area (Å²) < 4.78 is 4.65. The standard InChI is InChI=1S/C15H16ClN3O2/c1-9(10-4-3-5-11(16)8-10)18-14-12(17)6-7-13(19-14)15(20)21-2/h3-9H,17H2,1-2H3,(H,18,19). The Kier molecular flexibility index (Phi) is 4.65. The summed E-state index contributed by atoms with van der Waals surface area (Å²) in [6.45, 7) is 1.96. The van der Waals surface area contributed by atoms with Crippen LogP contribution in [0.1, 0.15) is 29.0 Å². The summed E-state index contributed by atoms with van der Waals surface area (Å²) in [4.78, 5) is 15.7. The lowest BCUT2D eigenvalue weighted by molar-refractivity contribution is 0.0594. The van der Waals surface area contributed by atoms with Gasteiger partial charge in [-0.05, 0) is 36.8 Å². The van der Waals surface area contributed by atoms with Gasteiger partial charge in [-0.2, -0.15) is 0 Å². The lowest BCUT2D eigenvalue weighted by Crippen LogP contribution is -2.12. The second-order valence-corrected chi connectivity index (χ2v) is 4.98. The predicted molar refractivity (Wildman–Crippen MR) is 83.5 cm³/mol. The van der Waals surface area contributed by atoms with Gasteiger partial charge in [-0.1, -0.05) is 23.7 Å². The first kappa shape index (κ1) is 15.1. The summed E-state index contributed by atoms with van der Waals surface area (Å²) in [5.41, 5.74) is 7.53. The van der Waals surface area contributed by atoms with Gasteiger partial charge in [-0.15, -0.1) is 0 Å². The van der Waals surface area contributed by atoms with Crippen molar-refractivity contribution in [3.05, 3.63) is 52.7 Å². The third-order valence-corrected chi connectivity index (χ3v) is 3.26. The van der Waals surface area contributed by atoms with Gasteiger partial charge in [0.2, 0.25) is 0 Å². The molecule has 0 amide bonds. The van der Waals surface area contributed by atoms with Gasteiger partial charge < -0.3 is 15.8 Å². The summed E-state index contributed by atoms with van der Waals surface area (Å²) in [5, 5.41) is 3.83. The van der Waals surface area contributed by atoms with Crippen molar-refractivity contribution in [1.29, 1.82) is 0 Å². The largest absolute Gasteiger partial charge is 0.464 e. The maximum absolute atomic E-state index is 11.5. The number of nitrogen functional groups attached to an aromatic ring is 1. The van der Waals surface area contributed by atoms with Gasteiger partial charge in [0, 0.05) is 5.02 Å². The van der Waals surface area contributed by atoms with Gasteiger partial charge >= 0.3 is 5.97 Å². The molecule has 3 N–H and O–H groups in total. The van der Waals surface area contributed by atoms with E-state index in [0.29, 0.717) is 16.5 Å². The lowest BCUT2D eigenvalue weighted by Gasteiger charge is -2.17. The Morgan fingerprint density at radius 1 is 1.38 bits per heavy atom. The summed E-state index contributed by atoms with van der Waals surface area (Å²) >= 11 is 5.98. The molecule has 110 valence electrons. The molecular weight excluding hydrogens is 290 g/mol. The number of methoxy groups -OCH3 is 1. The zero-order chi connectivity index (χ0) is 15.4. The van der Waals surface area contributed by atoms with Crippen LogP contribution in [0, 0.1) is 0 Å². The molecule has 21 heavy (non-hydrogen) atoms. The first-order chi connectivity index (χ1) is 10.0. The van der Waals surface area contributed by atoms with Crippen LogP contribution in [0.2, 0.25) is 5.02 Å². The summed E-state index contributed by atoms with van der Waals surface area (Å²) in [7, 11) is 1.31. The molecule has 1 unspecified atom stereocenters. The molecule has 1 aromatic heterocycles. The number of hydrogen-bond acceptors (Lipinski definition) is 5. The van der Waals surface area contributed by atoms with Crippen molar-refractivity contribution in [2.75, 3.05) is 18.2 Å². The minimum Gasteiger partial charge on any atom is -0.464 e. The highest BCUT2D eigenvalue weighted by molar-refractivity contribution is 6.30. The molecule has 0 bridgehead atoms. The fourth-order valence-electron chi connectivity index (χ4n) is 1.87. The van der Waals surface area contributed by atoms with Crippen LogP contribution in [0.15, 0.2) is 36.4 Å². The molecule has 1 aromatic carbocycles. The highest BCUT2D eigenvalue weighted by Gasteiger charge is 2.13. The lowest BCUT2D eigenvalue weighted by atomic mass is 10.1. The second kappa shape index (κ2) is 6.45. The number of pyridine rings is 1. The summed E-state index contributed by atoms with van der Waals surface area (Å²) in [6, 6.07) is 10.6. The molecule has 0 aliphatic carbocycles. The molecule has 2 aromatic rings. The van der Waals surface area contributed by atoms with E-state index in [1.807, 2.05) is 31.2 Å². The Balaban J connectivity index is 2.24. The quantitative estimate of drug-likeness (QED) is 0.848. The number of carbonyl (C=O) groups is 1. The summed E-state index contributed by atoms with van der Waals surface area (Å²) in [6.07, 6.45) is 0. The number of nitrogens with zero attached hydrogens (tertiary/aromatic N) is 1. The molecule has 5 nitrogen and oxygen atoms in total. The number of ether oxygens (including phenoxy) is 1. The molecule has 0 aliphatic rings. The van der Waals surface area contributed by atoms with Crippen LogP contribution < -0.4 is 11.1 Å². The number of aromatic nitrogens is 1. The Morgan fingerprint density at radius 3 is 2.81 bits per heavy atom. The van der Waals surface area contributed by atoms with E-state index in [1.54, 1.807) is 6.07 Å². The minimum atomic E-state index is -0.506. The fourth-order valence-corrected chi connectivity index (χ4v) is 2.07. The van der Waals surface area contributed by atoms with E-state index >= 15 is 0 Å². The van der Waals surface area contributed by atoms with E-state index in [9.17, 15) is 4.79 Å². The third kappa shape index (κ3) is 3.64. The zero-order valence-corrected chi connectivity index (χ0v) is 12.5. The Hall–Kier alpha value is -2.27. The van der Waals surface area contributed by atoms with Crippen LogP contribution >= 0.6 is 11.6 Å². The van der Waals surface area contributed by atoms with Crippen LogP contribution in [0.3, 0.4) is 0 Å². The van der Waals surface area contributed by atoms with Gasteiger partial charge in [0.05, 0.1) is 18.8 Å². The number of nitrogens with two attached hydrogens (primary N) is 1. The normalized spacial score (nSPS) is 11.8. The molecule has 1 atom stereocenters. The molecule has 1 heterocycles. The highest BCUT2D eigenvalue weighted by Crippen LogP contribution is 2.24. The maximum Gasteiger partial charge on any atom is 0.356 e. The average Bonchev–Trinajstić information content (AvgIpc) is 2.48. The molecule has 0 aliphatic heterocycles. The average molecular weight is 306 g/mol. The topological polar surface area (TPSA) is 77.2 Å². The van der Waals surface area contributed by atoms with Crippen molar-refractivity contribution in [3.63, 3.8) is 0 Å². The number of anilines is 2. The molecule has 0 saturated heterocycles. The third-order valence-electron chi connectivity index (χ3n) is 3.02. The number of hydrogen-bond donors (Lipinski definition) is 2. The molecule has 2 rings (SSSR count). The number of carbonyl (C=O) groups excluding carboxylic acids is 1. The molecule has 0 fully saturated rings. The summed E-state index contributed by atoms with van der Waals surface area (Å²) in [5.74, 6) is -0.0705. The van der Waals surface area contributed by atoms with E-state index in [-0.39, 0.29) is 11.7 Å². The van der Waals surface area contributed by atoms with Crippen molar-refractivity contribution < 1.29 is 9.53 Å². The first-order valence-corrected chi connectivity index (χ1v) is 6.76. The van der Waals surface area contributed by atoms with Crippen molar-refractivity contribution in [2.24, 2.45) is 0 Å². The Labute approximate surface area is 128 Å². The van der Waals surface area contributed by atoms with E-state index in [4.69, 9.17) is 17.3 Å². The van der Waals surface area contributed by atoms with Crippen LogP contribution in [0.25, 0.3) is 0 Å². The van der Waals surface area contributed by atoms with E-state index in [2.05, 4.69) is 15.0 Å². The molecule has 6 heteroatoms. The van der Waals surface area contributed by atoms with Crippen molar-refractivity contribution in [1.82, 2.24) is 4.98 Å². The fraction of sp³-hybridized carbons (Fsp3) is 0.200. The van der Waals surface area contributed by atoms with Crippen molar-refractivity contribution in [3.8, 4) is 0 Å². The molecule has 0 spiro atoms. The number of esters is 1. The molecular formula is C15H16ClN3O2. The van der Waals surface area contributed by atoms with Crippen LogP contribution in [-0.4, -0.2) is 18.1 Å². The van der Waals surface area contributed by atoms with Crippen LogP contribution in [-0.2, 0) is 4.74 Å². The van der Waals surface area contributed by atoms with Gasteiger partial charge in [0.25, 0.3) is 0 Å². The monoisotopic (exact) mass is 305 g/mol. The van der Waals surface area contributed by atoms with Gasteiger partial charge in [-0.25, -0.2) is 9.78 Å². The number of halogens is 1. The van der Waals surface area contributed by atoms with Crippen molar-refractivity contribution >= 4 is 29.1 Å². The van der Waals surface area contributed by atoms with Gasteiger partial charge in [0.15, 0.2) is 11.5 Å². The number of rotatable bonds is 4. The number of benzene rings is 1. The molecule has 0 saturated carbocycles. The second-order valence-electron chi connectivity index (χ2n) is 4.55. The Bertz CT molecular complexity index is 661. The van der Waals surface area contributed by atoms with Gasteiger partial charge in [-0.3, -0.25) is 0 Å².